The molecule has 0 saturated carbocycles. The minimum absolute atomic E-state index is 0.572. The van der Waals surface area contributed by atoms with E-state index in [1.165, 1.54) is 5.56 Å². The molecule has 0 fully saturated rings. The van der Waals surface area contributed by atoms with Gasteiger partial charge in [-0.25, -0.2) is 0 Å². The second-order valence-corrected chi connectivity index (χ2v) is 5.08. The van der Waals surface area contributed by atoms with Gasteiger partial charge in [-0.15, -0.1) is 11.6 Å². The molecule has 0 aliphatic heterocycles. The first kappa shape index (κ1) is 15.5. The summed E-state index contributed by atoms with van der Waals surface area (Å²) < 4.78 is 5.78. The molecule has 21 heavy (non-hydrogen) atoms. The lowest BCUT2D eigenvalue weighted by atomic mass is 10.1. The normalized spacial score (nSPS) is 9.76. The molecule has 2 aromatic rings. The van der Waals surface area contributed by atoms with Crippen molar-refractivity contribution in [2.24, 2.45) is 0 Å². The zero-order valence-electron chi connectivity index (χ0n) is 12.0. The van der Waals surface area contributed by atoms with Gasteiger partial charge in [0.1, 0.15) is 5.75 Å². The molecule has 0 aromatic heterocycles. The summed E-state index contributed by atoms with van der Waals surface area (Å²) in [6, 6.07) is 18.4. The number of benzene rings is 2. The van der Waals surface area contributed by atoms with Gasteiger partial charge in [0, 0.05) is 17.9 Å². The van der Waals surface area contributed by atoms with Crippen LogP contribution in [0.1, 0.15) is 24.0 Å². The highest BCUT2D eigenvalue weighted by Crippen LogP contribution is 2.13. The van der Waals surface area contributed by atoms with E-state index in [1.54, 1.807) is 0 Å². The molecule has 0 saturated heterocycles. The predicted molar refractivity (Wildman–Crippen MR) is 88.9 cm³/mol. The fourth-order valence-corrected chi connectivity index (χ4v) is 2.08. The molecule has 0 aliphatic carbocycles. The number of rotatable bonds is 6. The van der Waals surface area contributed by atoms with E-state index in [0.29, 0.717) is 18.9 Å². The highest BCUT2D eigenvalue weighted by atomic mass is 35.5. The number of aryl methyl sites for hydroxylation is 1. The van der Waals surface area contributed by atoms with Gasteiger partial charge in [-0.3, -0.25) is 0 Å². The van der Waals surface area contributed by atoms with Crippen LogP contribution >= 0.6 is 11.6 Å². The molecule has 0 spiro atoms. The van der Waals surface area contributed by atoms with Gasteiger partial charge in [-0.2, -0.15) is 0 Å². The summed E-state index contributed by atoms with van der Waals surface area (Å²) >= 11 is 5.61. The second-order valence-electron chi connectivity index (χ2n) is 4.71. The summed E-state index contributed by atoms with van der Waals surface area (Å²) in [6.45, 7) is 0.716. The van der Waals surface area contributed by atoms with Crippen molar-refractivity contribution in [1.29, 1.82) is 0 Å². The zero-order chi connectivity index (χ0) is 14.8. The Morgan fingerprint density at radius 1 is 1.00 bits per heavy atom. The summed E-state index contributed by atoms with van der Waals surface area (Å²) in [5.74, 6) is 7.57. The molecule has 0 radical (unpaired) electrons. The van der Waals surface area contributed by atoms with Crippen LogP contribution < -0.4 is 4.74 Å². The monoisotopic (exact) mass is 298 g/mol. The van der Waals surface area contributed by atoms with Crippen molar-refractivity contribution in [3.63, 3.8) is 0 Å². The van der Waals surface area contributed by atoms with Crippen LogP contribution in [0.25, 0.3) is 0 Å². The van der Waals surface area contributed by atoms with Crippen LogP contribution in [0.2, 0.25) is 0 Å². The van der Waals surface area contributed by atoms with Crippen molar-refractivity contribution < 1.29 is 4.74 Å². The Morgan fingerprint density at radius 2 is 1.86 bits per heavy atom. The number of halogens is 1. The minimum atomic E-state index is 0.572. The van der Waals surface area contributed by atoms with Crippen molar-refractivity contribution >= 4 is 11.6 Å². The summed E-state index contributed by atoms with van der Waals surface area (Å²) in [7, 11) is 0. The molecule has 0 amide bonds. The smallest absolute Gasteiger partial charge is 0.120 e. The van der Waals surface area contributed by atoms with Gasteiger partial charge in [0.2, 0.25) is 0 Å². The average molecular weight is 299 g/mol. The molecule has 0 heterocycles. The van der Waals surface area contributed by atoms with Crippen LogP contribution in [-0.4, -0.2) is 12.5 Å². The van der Waals surface area contributed by atoms with E-state index in [1.807, 2.05) is 30.3 Å². The average Bonchev–Trinajstić information content (AvgIpc) is 2.53. The van der Waals surface area contributed by atoms with E-state index >= 15 is 0 Å². The van der Waals surface area contributed by atoms with Crippen molar-refractivity contribution in [3.05, 3.63) is 65.7 Å². The largest absolute Gasteiger partial charge is 0.494 e. The highest BCUT2D eigenvalue weighted by molar-refractivity contribution is 6.18. The van der Waals surface area contributed by atoms with Crippen LogP contribution in [0, 0.1) is 11.8 Å². The Balaban J connectivity index is 1.78. The van der Waals surface area contributed by atoms with E-state index in [-0.39, 0.29) is 0 Å². The Hall–Kier alpha value is -1.91. The van der Waals surface area contributed by atoms with Crippen molar-refractivity contribution in [2.45, 2.75) is 19.3 Å². The molecule has 2 rings (SSSR count). The van der Waals surface area contributed by atoms with Crippen LogP contribution in [0.3, 0.4) is 0 Å². The van der Waals surface area contributed by atoms with E-state index in [0.717, 1.165) is 24.2 Å². The molecule has 2 aromatic carbocycles. The Labute approximate surface area is 131 Å². The molecule has 108 valence electrons. The molecular formula is C19H19ClO. The van der Waals surface area contributed by atoms with Crippen LogP contribution in [0.15, 0.2) is 54.6 Å². The molecule has 0 aliphatic rings. The molecule has 0 bridgehead atoms. The summed E-state index contributed by atoms with van der Waals surface area (Å²) in [6.07, 6.45) is 2.76. The molecule has 0 atom stereocenters. The molecule has 0 unspecified atom stereocenters. The van der Waals surface area contributed by atoms with E-state index in [9.17, 15) is 0 Å². The SMILES string of the molecule is ClCCC#Cc1cccc(OCCCc2ccccc2)c1. The van der Waals surface area contributed by atoms with Crippen LogP contribution in [0.4, 0.5) is 0 Å². The Morgan fingerprint density at radius 3 is 2.67 bits per heavy atom. The molecule has 1 nitrogen and oxygen atoms in total. The Kier molecular flexibility index (Phi) is 6.71. The number of ether oxygens (including phenoxy) is 1. The molecule has 0 N–H and O–H groups in total. The third kappa shape index (κ3) is 5.94. The van der Waals surface area contributed by atoms with Gasteiger partial charge < -0.3 is 4.74 Å². The first-order valence-electron chi connectivity index (χ1n) is 7.20. The first-order valence-corrected chi connectivity index (χ1v) is 7.73. The fourth-order valence-electron chi connectivity index (χ4n) is 1.99. The summed E-state index contributed by atoms with van der Waals surface area (Å²) in [5.41, 5.74) is 2.32. The van der Waals surface area contributed by atoms with Gasteiger partial charge in [-0.05, 0) is 36.6 Å². The summed E-state index contributed by atoms with van der Waals surface area (Å²) in [5, 5.41) is 0. The van der Waals surface area contributed by atoms with Crippen LogP contribution in [-0.2, 0) is 6.42 Å². The third-order valence-corrected chi connectivity index (χ3v) is 3.20. The number of alkyl halides is 1. The van der Waals surface area contributed by atoms with Crippen molar-refractivity contribution in [2.75, 3.05) is 12.5 Å². The van der Waals surface area contributed by atoms with Gasteiger partial charge in [0.15, 0.2) is 0 Å². The number of hydrogen-bond acceptors (Lipinski definition) is 1. The lowest BCUT2D eigenvalue weighted by Gasteiger charge is -2.06. The second kappa shape index (κ2) is 9.10. The molecular weight excluding hydrogens is 280 g/mol. The third-order valence-electron chi connectivity index (χ3n) is 3.01. The number of hydrogen-bond donors (Lipinski definition) is 0. The topological polar surface area (TPSA) is 9.23 Å². The first-order chi connectivity index (χ1) is 10.4. The van der Waals surface area contributed by atoms with Crippen LogP contribution in [0.5, 0.6) is 5.75 Å². The fraction of sp³-hybridized carbons (Fsp3) is 0.263. The van der Waals surface area contributed by atoms with Gasteiger partial charge in [-0.1, -0.05) is 48.2 Å². The van der Waals surface area contributed by atoms with Crippen molar-refractivity contribution in [3.8, 4) is 17.6 Å². The predicted octanol–water partition coefficient (Wildman–Crippen LogP) is 4.68. The van der Waals surface area contributed by atoms with Crippen molar-refractivity contribution in [1.82, 2.24) is 0 Å². The van der Waals surface area contributed by atoms with Gasteiger partial charge >= 0.3 is 0 Å². The van der Waals surface area contributed by atoms with E-state index in [2.05, 4.69) is 36.1 Å². The lowest BCUT2D eigenvalue weighted by molar-refractivity contribution is 0.311. The van der Waals surface area contributed by atoms with Gasteiger partial charge in [0.05, 0.1) is 6.61 Å². The standard InChI is InChI=1S/C19H19ClO/c20-14-5-4-10-18-11-6-13-19(16-18)21-15-7-12-17-8-2-1-3-9-17/h1-3,6,8-9,11,13,16H,5,7,12,14-15H2. The van der Waals surface area contributed by atoms with Gasteiger partial charge in [0.25, 0.3) is 0 Å². The Bertz CT molecular complexity index is 596. The minimum Gasteiger partial charge on any atom is -0.494 e. The maximum Gasteiger partial charge on any atom is 0.120 e. The molecule has 2 heteroatoms. The van der Waals surface area contributed by atoms with E-state index < -0.39 is 0 Å². The van der Waals surface area contributed by atoms with E-state index in [4.69, 9.17) is 16.3 Å². The zero-order valence-corrected chi connectivity index (χ0v) is 12.8. The lowest BCUT2D eigenvalue weighted by Crippen LogP contribution is -1.99. The summed E-state index contributed by atoms with van der Waals surface area (Å²) in [4.78, 5) is 0. The maximum atomic E-state index is 5.78. The maximum absolute atomic E-state index is 5.78. The highest BCUT2D eigenvalue weighted by Gasteiger charge is 1.96. The quantitative estimate of drug-likeness (QED) is 0.427.